The number of pyridine rings is 1. The maximum Gasteiger partial charge on any atom is 0.437 e. The Balaban J connectivity index is 1.57. The van der Waals surface area contributed by atoms with Gasteiger partial charge in [-0.25, -0.2) is 9.18 Å². The van der Waals surface area contributed by atoms with Crippen LogP contribution in [0.25, 0.3) is 11.5 Å². The molecule has 1 aromatic carbocycles. The monoisotopic (exact) mass is 387 g/mol. The molecular formula is C17H14FN5O5. The molecule has 0 aliphatic carbocycles. The van der Waals surface area contributed by atoms with Crippen LogP contribution in [-0.2, 0) is 22.7 Å². The average Bonchev–Trinajstić information content (AvgIpc) is 3.03. The highest BCUT2D eigenvalue weighted by molar-refractivity contribution is 5.81. The fourth-order valence-corrected chi connectivity index (χ4v) is 2.22. The molecule has 0 fully saturated rings. The van der Waals surface area contributed by atoms with Crippen molar-refractivity contribution in [3.8, 4) is 11.5 Å². The van der Waals surface area contributed by atoms with Gasteiger partial charge in [-0.2, -0.15) is 4.68 Å². The molecule has 144 valence electrons. The summed E-state index contributed by atoms with van der Waals surface area (Å²) in [5.41, 5.74) is 4.23. The third kappa shape index (κ3) is 4.58. The molecule has 0 atom stereocenters. The normalized spacial score (nSPS) is 10.5. The number of hydrogen-bond donors (Lipinski definition) is 2. The Kier molecular flexibility index (Phi) is 5.44. The Morgan fingerprint density at radius 3 is 2.36 bits per heavy atom. The van der Waals surface area contributed by atoms with Crippen LogP contribution in [0.2, 0.25) is 0 Å². The number of hydrogen-bond acceptors (Lipinski definition) is 6. The van der Waals surface area contributed by atoms with Crippen LogP contribution in [-0.4, -0.2) is 26.2 Å². The zero-order valence-electron chi connectivity index (χ0n) is 14.3. The Hall–Kier alpha value is -4.02. The molecule has 2 aromatic heterocycles. The lowest BCUT2D eigenvalue weighted by molar-refractivity contribution is -0.129. The van der Waals surface area contributed by atoms with Gasteiger partial charge in [0, 0.05) is 17.8 Å². The molecule has 0 aliphatic heterocycles. The first-order chi connectivity index (χ1) is 13.4. The molecule has 11 heteroatoms. The molecule has 10 nitrogen and oxygen atoms in total. The Morgan fingerprint density at radius 2 is 1.68 bits per heavy atom. The Bertz CT molecular complexity index is 1120. The van der Waals surface area contributed by atoms with Crippen LogP contribution in [0.3, 0.4) is 0 Å². The number of rotatable bonds is 5. The van der Waals surface area contributed by atoms with E-state index in [9.17, 15) is 23.6 Å². The van der Waals surface area contributed by atoms with Crippen LogP contribution in [0.4, 0.5) is 4.39 Å². The van der Waals surface area contributed by atoms with Gasteiger partial charge in [0.1, 0.15) is 18.9 Å². The second-order valence-corrected chi connectivity index (χ2v) is 5.60. The zero-order valence-corrected chi connectivity index (χ0v) is 14.3. The van der Waals surface area contributed by atoms with Gasteiger partial charge in [-0.3, -0.25) is 25.2 Å². The zero-order chi connectivity index (χ0) is 20.1. The van der Waals surface area contributed by atoms with Crippen molar-refractivity contribution in [3.05, 3.63) is 75.4 Å². The first-order valence-electron chi connectivity index (χ1n) is 7.99. The number of halogens is 1. The van der Waals surface area contributed by atoms with Crippen molar-refractivity contribution in [2.24, 2.45) is 0 Å². The van der Waals surface area contributed by atoms with E-state index in [0.29, 0.717) is 5.56 Å². The summed E-state index contributed by atoms with van der Waals surface area (Å²) in [4.78, 5) is 47.0. The molecule has 2 heterocycles. The van der Waals surface area contributed by atoms with Crippen molar-refractivity contribution in [2.75, 3.05) is 0 Å². The van der Waals surface area contributed by atoms with E-state index in [4.69, 9.17) is 4.42 Å². The number of hydrazine groups is 1. The summed E-state index contributed by atoms with van der Waals surface area (Å²) in [5, 5.41) is 3.85. The highest BCUT2D eigenvalue weighted by Gasteiger charge is 2.14. The second kappa shape index (κ2) is 8.12. The topological polar surface area (TPSA) is 128 Å². The third-order valence-corrected chi connectivity index (χ3v) is 3.55. The second-order valence-electron chi connectivity index (χ2n) is 5.60. The van der Waals surface area contributed by atoms with Gasteiger partial charge in [-0.15, -0.1) is 5.10 Å². The predicted octanol–water partition coefficient (Wildman–Crippen LogP) is -0.348. The lowest BCUT2D eigenvalue weighted by Gasteiger charge is -2.08. The van der Waals surface area contributed by atoms with Gasteiger partial charge in [0.05, 0.1) is 0 Å². The molecule has 3 rings (SSSR count). The van der Waals surface area contributed by atoms with E-state index in [1.807, 2.05) is 0 Å². The first-order valence-corrected chi connectivity index (χ1v) is 7.99. The van der Waals surface area contributed by atoms with E-state index in [-0.39, 0.29) is 18.0 Å². The number of nitrogens with zero attached hydrogens (tertiary/aromatic N) is 3. The molecule has 0 saturated heterocycles. The maximum atomic E-state index is 12.9. The largest absolute Gasteiger partial charge is 0.437 e. The maximum absolute atomic E-state index is 12.9. The molecule has 0 saturated carbocycles. The predicted molar refractivity (Wildman–Crippen MR) is 93.1 cm³/mol. The van der Waals surface area contributed by atoms with Gasteiger partial charge < -0.3 is 8.98 Å². The number of carbonyl (C=O) groups excluding carboxylic acids is 2. The number of nitrogens with one attached hydrogen (secondary N) is 2. The van der Waals surface area contributed by atoms with Crippen molar-refractivity contribution >= 4 is 11.8 Å². The Labute approximate surface area is 156 Å². The standard InChI is InChI=1S/C17H14FN5O5/c18-12-6-4-11(5-7-12)16-21-23(17(27)28-16)10-14(25)20-19-13(24)9-22-8-2-1-3-15(22)26/h1-8H,9-10H2,(H,19,24)(H,20,25). The summed E-state index contributed by atoms with van der Waals surface area (Å²) in [6, 6.07) is 9.51. The van der Waals surface area contributed by atoms with Gasteiger partial charge in [0.15, 0.2) is 0 Å². The number of amides is 2. The summed E-state index contributed by atoms with van der Waals surface area (Å²) in [5.74, 6) is -2.81. The molecule has 0 radical (unpaired) electrons. The summed E-state index contributed by atoms with van der Waals surface area (Å²) in [7, 11) is 0. The van der Waals surface area contributed by atoms with Crippen molar-refractivity contribution in [1.29, 1.82) is 0 Å². The van der Waals surface area contributed by atoms with Crippen molar-refractivity contribution in [3.63, 3.8) is 0 Å². The molecule has 0 spiro atoms. The smallest absolute Gasteiger partial charge is 0.388 e. The van der Waals surface area contributed by atoms with E-state index >= 15 is 0 Å². The lowest BCUT2D eigenvalue weighted by Crippen LogP contribution is -2.46. The van der Waals surface area contributed by atoms with Crippen LogP contribution in [0.5, 0.6) is 0 Å². The van der Waals surface area contributed by atoms with Gasteiger partial charge in [-0.05, 0) is 30.3 Å². The van der Waals surface area contributed by atoms with Crippen LogP contribution >= 0.6 is 0 Å². The average molecular weight is 387 g/mol. The molecule has 3 aromatic rings. The number of benzene rings is 1. The molecule has 0 aliphatic rings. The minimum absolute atomic E-state index is 0.0784. The van der Waals surface area contributed by atoms with E-state index in [1.54, 1.807) is 6.07 Å². The van der Waals surface area contributed by atoms with Crippen molar-refractivity contribution in [1.82, 2.24) is 25.2 Å². The SMILES string of the molecule is O=C(Cn1ccccc1=O)NNC(=O)Cn1nc(-c2ccc(F)cc2)oc1=O. The highest BCUT2D eigenvalue weighted by atomic mass is 19.1. The third-order valence-electron chi connectivity index (χ3n) is 3.55. The molecule has 0 unspecified atom stereocenters. The van der Waals surface area contributed by atoms with E-state index in [2.05, 4.69) is 16.0 Å². The first kappa shape index (κ1) is 18.8. The van der Waals surface area contributed by atoms with Crippen LogP contribution in [0.15, 0.2) is 62.7 Å². The summed E-state index contributed by atoms with van der Waals surface area (Å²) in [6.45, 7) is -0.812. The van der Waals surface area contributed by atoms with Crippen LogP contribution in [0, 0.1) is 5.82 Å². The van der Waals surface area contributed by atoms with Gasteiger partial charge in [0.25, 0.3) is 17.4 Å². The van der Waals surface area contributed by atoms with Gasteiger partial charge >= 0.3 is 5.76 Å². The van der Waals surface area contributed by atoms with Crippen molar-refractivity contribution in [2.45, 2.75) is 13.1 Å². The minimum Gasteiger partial charge on any atom is -0.388 e. The number of carbonyl (C=O) groups is 2. The summed E-state index contributed by atoms with van der Waals surface area (Å²) < 4.78 is 19.8. The molecule has 2 N–H and O–H groups in total. The molecule has 0 bridgehead atoms. The van der Waals surface area contributed by atoms with Crippen LogP contribution < -0.4 is 22.2 Å². The van der Waals surface area contributed by atoms with Crippen LogP contribution in [0.1, 0.15) is 0 Å². The summed E-state index contributed by atoms with van der Waals surface area (Å²) in [6.07, 6.45) is 1.43. The lowest BCUT2D eigenvalue weighted by atomic mass is 10.2. The van der Waals surface area contributed by atoms with E-state index in [0.717, 1.165) is 9.25 Å². The van der Waals surface area contributed by atoms with Gasteiger partial charge in [0.2, 0.25) is 5.89 Å². The summed E-state index contributed by atoms with van der Waals surface area (Å²) >= 11 is 0. The fourth-order valence-electron chi connectivity index (χ4n) is 2.22. The highest BCUT2D eigenvalue weighted by Crippen LogP contribution is 2.15. The molecule has 28 heavy (non-hydrogen) atoms. The molecule has 2 amide bonds. The fraction of sp³-hybridized carbons (Fsp3) is 0.118. The van der Waals surface area contributed by atoms with Gasteiger partial charge in [-0.1, -0.05) is 6.07 Å². The molecular weight excluding hydrogens is 373 g/mol. The van der Waals surface area contributed by atoms with E-state index < -0.39 is 29.9 Å². The quantitative estimate of drug-likeness (QED) is 0.576. The van der Waals surface area contributed by atoms with E-state index in [1.165, 1.54) is 42.6 Å². The van der Waals surface area contributed by atoms with Crippen molar-refractivity contribution < 1.29 is 18.4 Å². The Morgan fingerprint density at radius 1 is 1.00 bits per heavy atom. The number of aromatic nitrogens is 3. The minimum atomic E-state index is -0.892.